The number of halogens is 1. The number of benzene rings is 1. The summed E-state index contributed by atoms with van der Waals surface area (Å²) >= 11 is 6.04. The fraction of sp³-hybridized carbons (Fsp3) is 0.316. The first-order valence-corrected chi connectivity index (χ1v) is 8.74. The number of hydrogen-bond acceptors (Lipinski definition) is 4. The number of amides is 2. The van der Waals surface area contributed by atoms with E-state index >= 15 is 0 Å². The van der Waals surface area contributed by atoms with E-state index in [1.165, 1.54) is 12.4 Å². The molecule has 0 atom stereocenters. The molecule has 0 bridgehead atoms. The van der Waals surface area contributed by atoms with Crippen LogP contribution >= 0.6 is 11.6 Å². The van der Waals surface area contributed by atoms with Gasteiger partial charge in [0.05, 0.1) is 40.9 Å². The van der Waals surface area contributed by atoms with Gasteiger partial charge in [0, 0.05) is 18.1 Å². The van der Waals surface area contributed by atoms with Crippen molar-refractivity contribution in [1.82, 2.24) is 4.98 Å². The second kappa shape index (κ2) is 6.07. The summed E-state index contributed by atoms with van der Waals surface area (Å²) in [5.74, 6) is -0.263. The van der Waals surface area contributed by atoms with E-state index in [4.69, 9.17) is 16.3 Å². The quantitative estimate of drug-likeness (QED) is 0.900. The molecule has 6 nitrogen and oxygen atoms in total. The summed E-state index contributed by atoms with van der Waals surface area (Å²) in [4.78, 5) is 31.0. The van der Waals surface area contributed by atoms with E-state index in [1.54, 1.807) is 11.0 Å². The Balaban J connectivity index is 1.67. The molecule has 134 valence electrons. The monoisotopic (exact) mass is 371 g/mol. The Labute approximate surface area is 156 Å². The summed E-state index contributed by atoms with van der Waals surface area (Å²) in [7, 11) is 0. The van der Waals surface area contributed by atoms with Crippen molar-refractivity contribution in [3.8, 4) is 0 Å². The highest BCUT2D eigenvalue weighted by Crippen LogP contribution is 2.44. The first kappa shape index (κ1) is 17.0. The molecule has 1 aromatic carbocycles. The van der Waals surface area contributed by atoms with Gasteiger partial charge in [-0.15, -0.1) is 0 Å². The Bertz CT molecular complexity index is 909. The SMILES string of the molecule is CC1(C)C(=O)N(C2COC2)c2cc(NC(=O)c3ccncc3Cl)ccc21. The standard InChI is InChI=1S/C19H18ClN3O3/c1-19(2)14-4-3-11(22-17(24)13-5-6-21-8-15(13)20)7-16(14)23(18(19)25)12-9-26-10-12/h3-8,12H,9-10H2,1-2H3,(H,22,24). The number of aromatic nitrogens is 1. The summed E-state index contributed by atoms with van der Waals surface area (Å²) < 4.78 is 5.26. The van der Waals surface area contributed by atoms with E-state index < -0.39 is 5.41 Å². The molecule has 4 rings (SSSR count). The van der Waals surface area contributed by atoms with E-state index in [0.717, 1.165) is 11.3 Å². The maximum atomic E-state index is 12.9. The Morgan fingerprint density at radius 2 is 2.12 bits per heavy atom. The van der Waals surface area contributed by atoms with Gasteiger partial charge in [-0.05, 0) is 37.6 Å². The lowest BCUT2D eigenvalue weighted by Crippen LogP contribution is -2.52. The van der Waals surface area contributed by atoms with Crippen LogP contribution in [0.3, 0.4) is 0 Å². The summed E-state index contributed by atoms with van der Waals surface area (Å²) in [6.45, 7) is 4.90. The lowest BCUT2D eigenvalue weighted by atomic mass is 9.86. The van der Waals surface area contributed by atoms with Crippen molar-refractivity contribution in [3.63, 3.8) is 0 Å². The van der Waals surface area contributed by atoms with Gasteiger partial charge in [0.15, 0.2) is 0 Å². The average molecular weight is 372 g/mol. The number of pyridine rings is 1. The Kier molecular flexibility index (Phi) is 3.97. The predicted molar refractivity (Wildman–Crippen MR) is 98.8 cm³/mol. The highest BCUT2D eigenvalue weighted by molar-refractivity contribution is 6.34. The maximum Gasteiger partial charge on any atom is 0.257 e. The molecule has 1 N–H and O–H groups in total. The van der Waals surface area contributed by atoms with Crippen LogP contribution in [0.1, 0.15) is 29.8 Å². The number of hydrogen-bond donors (Lipinski definition) is 1. The molecule has 26 heavy (non-hydrogen) atoms. The third-order valence-electron chi connectivity index (χ3n) is 4.94. The minimum atomic E-state index is -0.595. The topological polar surface area (TPSA) is 71.5 Å². The molecule has 0 aliphatic carbocycles. The van der Waals surface area contributed by atoms with Crippen LogP contribution in [0.15, 0.2) is 36.7 Å². The summed E-state index contributed by atoms with van der Waals surface area (Å²) in [6.07, 6.45) is 2.95. The Morgan fingerprint density at radius 3 is 2.77 bits per heavy atom. The van der Waals surface area contributed by atoms with Gasteiger partial charge in [-0.2, -0.15) is 0 Å². The lowest BCUT2D eigenvalue weighted by Gasteiger charge is -2.35. The molecule has 0 radical (unpaired) electrons. The van der Waals surface area contributed by atoms with Gasteiger partial charge in [-0.25, -0.2) is 0 Å². The molecule has 3 heterocycles. The molecule has 2 aromatic rings. The zero-order valence-corrected chi connectivity index (χ0v) is 15.2. The number of rotatable bonds is 3. The van der Waals surface area contributed by atoms with Gasteiger partial charge in [-0.1, -0.05) is 17.7 Å². The van der Waals surface area contributed by atoms with Gasteiger partial charge in [0.2, 0.25) is 5.91 Å². The number of nitrogens with one attached hydrogen (secondary N) is 1. The number of nitrogens with zero attached hydrogens (tertiary/aromatic N) is 2. The van der Waals surface area contributed by atoms with Crippen LogP contribution in [-0.2, 0) is 14.9 Å². The minimum absolute atomic E-state index is 0.0450. The molecule has 0 unspecified atom stereocenters. The van der Waals surface area contributed by atoms with Crippen molar-refractivity contribution in [1.29, 1.82) is 0 Å². The lowest BCUT2D eigenvalue weighted by molar-refractivity contribution is -0.124. The Morgan fingerprint density at radius 1 is 1.35 bits per heavy atom. The van der Waals surface area contributed by atoms with Crippen LogP contribution in [0.25, 0.3) is 0 Å². The van der Waals surface area contributed by atoms with Crippen molar-refractivity contribution in [3.05, 3.63) is 52.8 Å². The van der Waals surface area contributed by atoms with Gasteiger partial charge in [-0.3, -0.25) is 14.6 Å². The average Bonchev–Trinajstić information content (AvgIpc) is 2.75. The summed E-state index contributed by atoms with van der Waals surface area (Å²) in [5.41, 5.74) is 2.14. The second-order valence-corrected chi connectivity index (χ2v) is 7.44. The Hall–Kier alpha value is -2.44. The smallest absolute Gasteiger partial charge is 0.257 e. The second-order valence-electron chi connectivity index (χ2n) is 7.03. The normalized spacial score (nSPS) is 18.4. The van der Waals surface area contributed by atoms with E-state index in [1.807, 2.05) is 32.0 Å². The third kappa shape index (κ3) is 2.57. The van der Waals surface area contributed by atoms with Crippen LogP contribution in [0.2, 0.25) is 5.02 Å². The van der Waals surface area contributed by atoms with Crippen molar-refractivity contribution < 1.29 is 14.3 Å². The van der Waals surface area contributed by atoms with E-state index in [9.17, 15) is 9.59 Å². The van der Waals surface area contributed by atoms with Crippen LogP contribution in [0.4, 0.5) is 11.4 Å². The van der Waals surface area contributed by atoms with Crippen LogP contribution < -0.4 is 10.2 Å². The molecule has 1 saturated heterocycles. The number of fused-ring (bicyclic) bond motifs is 1. The molecular weight excluding hydrogens is 354 g/mol. The minimum Gasteiger partial charge on any atom is -0.377 e. The van der Waals surface area contributed by atoms with Crippen molar-refractivity contribution in [2.45, 2.75) is 25.3 Å². The predicted octanol–water partition coefficient (Wildman–Crippen LogP) is 3.01. The summed E-state index contributed by atoms with van der Waals surface area (Å²) in [6, 6.07) is 7.16. The van der Waals surface area contributed by atoms with Gasteiger partial charge >= 0.3 is 0 Å². The van der Waals surface area contributed by atoms with Crippen LogP contribution in [0, 0.1) is 0 Å². The first-order valence-electron chi connectivity index (χ1n) is 8.36. The molecule has 1 fully saturated rings. The third-order valence-corrected chi connectivity index (χ3v) is 5.25. The zero-order valence-electron chi connectivity index (χ0n) is 14.5. The van der Waals surface area contributed by atoms with E-state index in [-0.39, 0.29) is 22.9 Å². The highest BCUT2D eigenvalue weighted by atomic mass is 35.5. The first-order chi connectivity index (χ1) is 12.4. The highest BCUT2D eigenvalue weighted by Gasteiger charge is 2.48. The van der Waals surface area contributed by atoms with Crippen LogP contribution in [-0.4, -0.2) is 36.1 Å². The maximum absolute atomic E-state index is 12.9. The molecule has 0 spiro atoms. The molecular formula is C19H18ClN3O3. The fourth-order valence-corrected chi connectivity index (χ4v) is 3.56. The molecule has 2 aliphatic heterocycles. The zero-order chi connectivity index (χ0) is 18.5. The van der Waals surface area contributed by atoms with E-state index in [0.29, 0.717) is 24.5 Å². The number of carbonyl (C=O) groups is 2. The van der Waals surface area contributed by atoms with Gasteiger partial charge < -0.3 is 15.0 Å². The van der Waals surface area contributed by atoms with Crippen molar-refractivity contribution in [2.75, 3.05) is 23.4 Å². The number of carbonyl (C=O) groups excluding carboxylic acids is 2. The van der Waals surface area contributed by atoms with Crippen molar-refractivity contribution in [2.24, 2.45) is 0 Å². The van der Waals surface area contributed by atoms with Gasteiger partial charge in [0.25, 0.3) is 5.91 Å². The molecule has 7 heteroatoms. The molecule has 1 aromatic heterocycles. The number of anilines is 2. The van der Waals surface area contributed by atoms with E-state index in [2.05, 4.69) is 10.3 Å². The number of ether oxygens (including phenoxy) is 1. The van der Waals surface area contributed by atoms with Gasteiger partial charge in [0.1, 0.15) is 0 Å². The summed E-state index contributed by atoms with van der Waals surface area (Å²) in [5, 5.41) is 3.13. The van der Waals surface area contributed by atoms with Crippen molar-refractivity contribution >= 4 is 34.8 Å². The fourth-order valence-electron chi connectivity index (χ4n) is 3.36. The molecule has 2 amide bonds. The molecule has 0 saturated carbocycles. The largest absolute Gasteiger partial charge is 0.377 e. The molecule has 2 aliphatic rings. The van der Waals surface area contributed by atoms with Crippen LogP contribution in [0.5, 0.6) is 0 Å².